The molecule has 0 aromatic carbocycles. The molecule has 1 saturated carbocycles. The highest BCUT2D eigenvalue weighted by atomic mass is 16.5. The van der Waals surface area contributed by atoms with E-state index in [1.165, 1.54) is 12.3 Å². The standard InChI is InChI=1S/C14H18N2O4/c1-20-14(5-2-6-14)7-12(17)16-9-10-3-4-11(13(18)19)15-8-10/h3-4,8H,2,5-7,9H2,1H3,(H,16,17)(H,18,19). The van der Waals surface area contributed by atoms with Crippen molar-refractivity contribution in [2.45, 2.75) is 37.8 Å². The van der Waals surface area contributed by atoms with Crippen molar-refractivity contribution >= 4 is 11.9 Å². The SMILES string of the molecule is COC1(CC(=O)NCc2ccc(C(=O)O)nc2)CCC1. The van der Waals surface area contributed by atoms with Crippen LogP contribution < -0.4 is 5.32 Å². The van der Waals surface area contributed by atoms with Gasteiger partial charge >= 0.3 is 5.97 Å². The molecule has 108 valence electrons. The van der Waals surface area contributed by atoms with Gasteiger partial charge in [0.1, 0.15) is 5.69 Å². The van der Waals surface area contributed by atoms with Crippen LogP contribution >= 0.6 is 0 Å². The summed E-state index contributed by atoms with van der Waals surface area (Å²) in [7, 11) is 1.64. The molecule has 0 atom stereocenters. The summed E-state index contributed by atoms with van der Waals surface area (Å²) < 4.78 is 5.40. The lowest BCUT2D eigenvalue weighted by Crippen LogP contribution is -2.43. The van der Waals surface area contributed by atoms with Gasteiger partial charge in [0.05, 0.1) is 12.0 Å². The molecule has 0 bridgehead atoms. The van der Waals surface area contributed by atoms with Gasteiger partial charge in [-0.25, -0.2) is 9.78 Å². The first kappa shape index (κ1) is 14.5. The summed E-state index contributed by atoms with van der Waals surface area (Å²) in [6, 6.07) is 3.07. The fraction of sp³-hybridized carbons (Fsp3) is 0.500. The normalized spacial score (nSPS) is 16.2. The van der Waals surface area contributed by atoms with Crippen molar-refractivity contribution in [1.82, 2.24) is 10.3 Å². The number of rotatable bonds is 6. The van der Waals surface area contributed by atoms with E-state index < -0.39 is 5.97 Å². The zero-order chi connectivity index (χ0) is 14.6. The summed E-state index contributed by atoms with van der Waals surface area (Å²) in [5.74, 6) is -1.12. The Labute approximate surface area is 117 Å². The highest BCUT2D eigenvalue weighted by molar-refractivity contribution is 5.85. The molecule has 1 aliphatic carbocycles. The van der Waals surface area contributed by atoms with Crippen LogP contribution in [-0.4, -0.2) is 34.7 Å². The van der Waals surface area contributed by atoms with Gasteiger partial charge < -0.3 is 15.2 Å². The lowest BCUT2D eigenvalue weighted by atomic mass is 9.77. The number of hydrogen-bond donors (Lipinski definition) is 2. The maximum absolute atomic E-state index is 11.9. The Bertz CT molecular complexity index is 489. The average molecular weight is 278 g/mol. The maximum Gasteiger partial charge on any atom is 0.354 e. The van der Waals surface area contributed by atoms with Gasteiger partial charge in [-0.2, -0.15) is 0 Å². The van der Waals surface area contributed by atoms with E-state index in [1.54, 1.807) is 13.2 Å². The van der Waals surface area contributed by atoms with Crippen LogP contribution in [0, 0.1) is 0 Å². The summed E-state index contributed by atoms with van der Waals surface area (Å²) >= 11 is 0. The van der Waals surface area contributed by atoms with Crippen molar-refractivity contribution in [3.05, 3.63) is 29.6 Å². The van der Waals surface area contributed by atoms with Crippen molar-refractivity contribution in [3.63, 3.8) is 0 Å². The molecule has 1 heterocycles. The van der Waals surface area contributed by atoms with Gasteiger partial charge in [0.15, 0.2) is 0 Å². The van der Waals surface area contributed by atoms with Crippen LogP contribution in [0.15, 0.2) is 18.3 Å². The number of carbonyl (C=O) groups is 2. The predicted molar refractivity (Wildman–Crippen MR) is 71.3 cm³/mol. The Hall–Kier alpha value is -1.95. The fourth-order valence-electron chi connectivity index (χ4n) is 2.24. The molecule has 0 saturated heterocycles. The molecule has 0 radical (unpaired) electrons. The van der Waals surface area contributed by atoms with Crippen LogP contribution in [0.5, 0.6) is 0 Å². The summed E-state index contributed by atoms with van der Waals surface area (Å²) in [4.78, 5) is 26.3. The number of amides is 1. The molecule has 2 rings (SSSR count). The summed E-state index contributed by atoms with van der Waals surface area (Å²) in [5.41, 5.74) is 0.478. The predicted octanol–water partition coefficient (Wildman–Crippen LogP) is 1.36. The van der Waals surface area contributed by atoms with Crippen molar-refractivity contribution in [2.75, 3.05) is 7.11 Å². The first-order valence-electron chi connectivity index (χ1n) is 6.55. The monoisotopic (exact) mass is 278 g/mol. The Morgan fingerprint density at radius 3 is 2.65 bits per heavy atom. The van der Waals surface area contributed by atoms with Gasteiger partial charge in [0, 0.05) is 19.9 Å². The molecular weight excluding hydrogens is 260 g/mol. The van der Waals surface area contributed by atoms with Crippen LogP contribution in [-0.2, 0) is 16.1 Å². The quantitative estimate of drug-likeness (QED) is 0.820. The minimum absolute atomic E-state index is 0.00659. The number of carbonyl (C=O) groups excluding carboxylic acids is 1. The van der Waals surface area contributed by atoms with Gasteiger partial charge in [-0.05, 0) is 30.9 Å². The molecule has 6 nitrogen and oxygen atoms in total. The average Bonchev–Trinajstić information content (AvgIpc) is 2.41. The first-order valence-corrected chi connectivity index (χ1v) is 6.55. The molecule has 0 spiro atoms. The zero-order valence-corrected chi connectivity index (χ0v) is 11.4. The van der Waals surface area contributed by atoms with E-state index in [0.717, 1.165) is 24.8 Å². The summed E-state index contributed by atoms with van der Waals surface area (Å²) in [6.07, 6.45) is 4.77. The molecule has 0 aliphatic heterocycles. The molecule has 1 amide bonds. The number of hydrogen-bond acceptors (Lipinski definition) is 4. The Morgan fingerprint density at radius 1 is 1.45 bits per heavy atom. The van der Waals surface area contributed by atoms with E-state index in [9.17, 15) is 9.59 Å². The number of carboxylic acid groups (broad SMARTS) is 1. The number of pyridine rings is 1. The summed E-state index contributed by atoms with van der Waals surface area (Å²) in [6.45, 7) is 0.339. The molecule has 1 aromatic rings. The summed E-state index contributed by atoms with van der Waals surface area (Å²) in [5, 5.41) is 11.5. The van der Waals surface area contributed by atoms with E-state index in [1.807, 2.05) is 0 Å². The van der Waals surface area contributed by atoms with Crippen LogP contribution in [0.3, 0.4) is 0 Å². The minimum atomic E-state index is -1.06. The third-order valence-corrected chi connectivity index (χ3v) is 3.71. The van der Waals surface area contributed by atoms with Crippen molar-refractivity contribution < 1.29 is 19.4 Å². The van der Waals surface area contributed by atoms with Gasteiger partial charge in [0.25, 0.3) is 0 Å². The Balaban J connectivity index is 1.82. The van der Waals surface area contributed by atoms with E-state index in [4.69, 9.17) is 9.84 Å². The van der Waals surface area contributed by atoms with Crippen LogP contribution in [0.25, 0.3) is 0 Å². The van der Waals surface area contributed by atoms with E-state index in [-0.39, 0.29) is 17.2 Å². The van der Waals surface area contributed by atoms with Gasteiger partial charge in [-0.15, -0.1) is 0 Å². The smallest absolute Gasteiger partial charge is 0.354 e. The van der Waals surface area contributed by atoms with Gasteiger partial charge in [-0.3, -0.25) is 4.79 Å². The lowest BCUT2D eigenvalue weighted by Gasteiger charge is -2.39. The molecular formula is C14H18N2O4. The first-order chi connectivity index (χ1) is 9.54. The van der Waals surface area contributed by atoms with Crippen LogP contribution in [0.2, 0.25) is 0 Å². The zero-order valence-electron chi connectivity index (χ0n) is 11.4. The number of aromatic nitrogens is 1. The third kappa shape index (κ3) is 3.33. The van der Waals surface area contributed by atoms with Gasteiger partial charge in [0.2, 0.25) is 5.91 Å². The highest BCUT2D eigenvalue weighted by Gasteiger charge is 2.38. The van der Waals surface area contributed by atoms with Crippen molar-refractivity contribution in [1.29, 1.82) is 0 Å². The molecule has 1 fully saturated rings. The molecule has 0 unspecified atom stereocenters. The molecule has 2 N–H and O–H groups in total. The number of aromatic carboxylic acids is 1. The number of methoxy groups -OCH3 is 1. The second kappa shape index (κ2) is 6.00. The third-order valence-electron chi connectivity index (χ3n) is 3.71. The number of carboxylic acids is 1. The Kier molecular flexibility index (Phi) is 4.34. The second-order valence-electron chi connectivity index (χ2n) is 5.05. The molecule has 1 aromatic heterocycles. The van der Waals surface area contributed by atoms with Crippen LogP contribution in [0.4, 0.5) is 0 Å². The molecule has 1 aliphatic rings. The van der Waals surface area contributed by atoms with Crippen molar-refractivity contribution in [3.8, 4) is 0 Å². The minimum Gasteiger partial charge on any atom is -0.477 e. The van der Waals surface area contributed by atoms with E-state index in [0.29, 0.717) is 13.0 Å². The van der Waals surface area contributed by atoms with E-state index in [2.05, 4.69) is 10.3 Å². The number of nitrogens with zero attached hydrogens (tertiary/aromatic N) is 1. The molecule has 6 heteroatoms. The number of ether oxygens (including phenoxy) is 1. The largest absolute Gasteiger partial charge is 0.477 e. The fourth-order valence-corrected chi connectivity index (χ4v) is 2.24. The highest BCUT2D eigenvalue weighted by Crippen LogP contribution is 2.37. The van der Waals surface area contributed by atoms with Crippen LogP contribution in [0.1, 0.15) is 41.7 Å². The second-order valence-corrected chi connectivity index (χ2v) is 5.05. The van der Waals surface area contributed by atoms with Crippen molar-refractivity contribution in [2.24, 2.45) is 0 Å². The van der Waals surface area contributed by atoms with Gasteiger partial charge in [-0.1, -0.05) is 6.07 Å². The Morgan fingerprint density at radius 2 is 2.20 bits per heavy atom. The molecule has 20 heavy (non-hydrogen) atoms. The maximum atomic E-state index is 11.9. The van der Waals surface area contributed by atoms with E-state index >= 15 is 0 Å². The number of nitrogens with one attached hydrogen (secondary N) is 1. The lowest BCUT2D eigenvalue weighted by molar-refractivity contribution is -0.134. The topological polar surface area (TPSA) is 88.5 Å².